The average molecular weight is 336 g/mol. The molecular formula is C14H10Cl2F3NO. The van der Waals surface area contributed by atoms with Gasteiger partial charge in [0.15, 0.2) is 0 Å². The van der Waals surface area contributed by atoms with Crippen LogP contribution in [0.4, 0.5) is 18.9 Å². The topological polar surface area (TPSA) is 21.3 Å². The molecule has 112 valence electrons. The maximum atomic E-state index is 12.1. The Morgan fingerprint density at radius 1 is 1.05 bits per heavy atom. The zero-order valence-electron chi connectivity index (χ0n) is 10.5. The van der Waals surface area contributed by atoms with Crippen molar-refractivity contribution in [2.24, 2.45) is 0 Å². The van der Waals surface area contributed by atoms with Gasteiger partial charge in [-0.25, -0.2) is 0 Å². The second-order valence-electron chi connectivity index (χ2n) is 4.16. The van der Waals surface area contributed by atoms with Crippen molar-refractivity contribution < 1.29 is 17.9 Å². The van der Waals surface area contributed by atoms with Gasteiger partial charge in [0.1, 0.15) is 5.75 Å². The van der Waals surface area contributed by atoms with Crippen LogP contribution in [0.1, 0.15) is 5.56 Å². The number of anilines is 1. The van der Waals surface area contributed by atoms with Crippen LogP contribution in [0.3, 0.4) is 0 Å². The molecule has 0 heterocycles. The summed E-state index contributed by atoms with van der Waals surface area (Å²) in [6.45, 7) is 0.328. The molecule has 0 aliphatic carbocycles. The SMILES string of the molecule is FC(F)(F)Oc1cccc(NCc2cc(Cl)ccc2Cl)c1. The molecule has 2 aromatic rings. The first-order valence-electron chi connectivity index (χ1n) is 5.87. The molecule has 21 heavy (non-hydrogen) atoms. The summed E-state index contributed by atoms with van der Waals surface area (Å²) in [5, 5.41) is 4.02. The molecule has 0 radical (unpaired) electrons. The zero-order valence-corrected chi connectivity index (χ0v) is 12.1. The first-order valence-corrected chi connectivity index (χ1v) is 6.63. The van der Waals surface area contributed by atoms with Crippen molar-refractivity contribution in [3.05, 3.63) is 58.1 Å². The average Bonchev–Trinajstić information content (AvgIpc) is 2.38. The maximum absolute atomic E-state index is 12.1. The largest absolute Gasteiger partial charge is 0.573 e. The highest BCUT2D eigenvalue weighted by Gasteiger charge is 2.31. The van der Waals surface area contributed by atoms with E-state index in [1.165, 1.54) is 18.2 Å². The van der Waals surface area contributed by atoms with Crippen molar-refractivity contribution >= 4 is 28.9 Å². The molecule has 0 aliphatic rings. The molecule has 0 amide bonds. The van der Waals surface area contributed by atoms with Gasteiger partial charge >= 0.3 is 6.36 Å². The standard InChI is InChI=1S/C14H10Cl2F3NO/c15-10-4-5-13(16)9(6-10)8-20-11-2-1-3-12(7-11)21-14(17,18)19/h1-7,20H,8H2. The van der Waals surface area contributed by atoms with Crippen molar-refractivity contribution in [2.75, 3.05) is 5.32 Å². The molecule has 0 spiro atoms. The summed E-state index contributed by atoms with van der Waals surface area (Å²) in [5.41, 5.74) is 1.22. The fraction of sp³-hybridized carbons (Fsp3) is 0.143. The molecule has 0 aromatic heterocycles. The summed E-state index contributed by atoms with van der Waals surface area (Å²) in [4.78, 5) is 0. The predicted molar refractivity (Wildman–Crippen MR) is 76.9 cm³/mol. The molecule has 1 N–H and O–H groups in total. The lowest BCUT2D eigenvalue weighted by atomic mass is 10.2. The quantitative estimate of drug-likeness (QED) is 0.796. The third-order valence-electron chi connectivity index (χ3n) is 2.56. The second-order valence-corrected chi connectivity index (χ2v) is 5.01. The van der Waals surface area contributed by atoms with Crippen LogP contribution in [-0.2, 0) is 6.54 Å². The maximum Gasteiger partial charge on any atom is 0.573 e. The molecule has 0 fully saturated rings. The fourth-order valence-corrected chi connectivity index (χ4v) is 2.06. The number of halogens is 5. The number of ether oxygens (including phenoxy) is 1. The molecule has 2 rings (SSSR count). The van der Waals surface area contributed by atoms with Gasteiger partial charge in [0.05, 0.1) is 0 Å². The van der Waals surface area contributed by atoms with Crippen LogP contribution in [0.15, 0.2) is 42.5 Å². The summed E-state index contributed by atoms with van der Waals surface area (Å²) >= 11 is 11.9. The Balaban J connectivity index is 2.06. The molecule has 2 aromatic carbocycles. The van der Waals surface area contributed by atoms with Gasteiger partial charge < -0.3 is 10.1 Å². The van der Waals surface area contributed by atoms with E-state index in [0.29, 0.717) is 22.3 Å². The lowest BCUT2D eigenvalue weighted by Crippen LogP contribution is -2.17. The minimum atomic E-state index is -4.71. The van der Waals surface area contributed by atoms with Crippen LogP contribution in [0.25, 0.3) is 0 Å². The van der Waals surface area contributed by atoms with E-state index in [9.17, 15) is 13.2 Å². The molecule has 0 saturated carbocycles. The van der Waals surface area contributed by atoms with Gasteiger partial charge in [0.25, 0.3) is 0 Å². The number of nitrogens with one attached hydrogen (secondary N) is 1. The Morgan fingerprint density at radius 2 is 1.81 bits per heavy atom. The number of hydrogen-bond donors (Lipinski definition) is 1. The van der Waals surface area contributed by atoms with Crippen molar-refractivity contribution in [2.45, 2.75) is 12.9 Å². The van der Waals surface area contributed by atoms with Gasteiger partial charge in [-0.15, -0.1) is 13.2 Å². The van der Waals surface area contributed by atoms with E-state index < -0.39 is 6.36 Å². The van der Waals surface area contributed by atoms with Crippen LogP contribution >= 0.6 is 23.2 Å². The van der Waals surface area contributed by atoms with Crippen molar-refractivity contribution in [1.29, 1.82) is 0 Å². The molecule has 0 unspecified atom stereocenters. The summed E-state index contributed by atoms with van der Waals surface area (Å²) in [7, 11) is 0. The molecule has 0 saturated heterocycles. The van der Waals surface area contributed by atoms with E-state index >= 15 is 0 Å². The lowest BCUT2D eigenvalue weighted by molar-refractivity contribution is -0.274. The van der Waals surface area contributed by atoms with Gasteiger partial charge in [-0.2, -0.15) is 0 Å². The highest BCUT2D eigenvalue weighted by atomic mass is 35.5. The van der Waals surface area contributed by atoms with Crippen molar-refractivity contribution in [1.82, 2.24) is 0 Å². The summed E-state index contributed by atoms with van der Waals surface area (Å²) in [6, 6.07) is 10.6. The van der Waals surface area contributed by atoms with Crippen molar-refractivity contribution in [3.8, 4) is 5.75 Å². The van der Waals surface area contributed by atoms with Crippen LogP contribution < -0.4 is 10.1 Å². The highest BCUT2D eigenvalue weighted by Crippen LogP contribution is 2.26. The van der Waals surface area contributed by atoms with Crippen molar-refractivity contribution in [3.63, 3.8) is 0 Å². The zero-order chi connectivity index (χ0) is 15.5. The highest BCUT2D eigenvalue weighted by molar-refractivity contribution is 6.33. The first-order chi connectivity index (χ1) is 9.83. The summed E-state index contributed by atoms with van der Waals surface area (Å²) in [6.07, 6.45) is -4.71. The minimum absolute atomic E-state index is 0.287. The number of alkyl halides is 3. The molecule has 2 nitrogen and oxygen atoms in total. The Labute approximate surface area is 129 Å². The van der Waals surface area contributed by atoms with Gasteiger partial charge in [0.2, 0.25) is 0 Å². The van der Waals surface area contributed by atoms with E-state index in [1.54, 1.807) is 24.3 Å². The first kappa shape index (κ1) is 15.8. The predicted octanol–water partition coefficient (Wildman–Crippen LogP) is 5.50. The van der Waals surface area contributed by atoms with Gasteiger partial charge in [-0.1, -0.05) is 29.3 Å². The summed E-state index contributed by atoms with van der Waals surface area (Å²) < 4.78 is 40.3. The molecular weight excluding hydrogens is 326 g/mol. The van der Waals surface area contributed by atoms with E-state index in [2.05, 4.69) is 10.1 Å². The van der Waals surface area contributed by atoms with E-state index in [-0.39, 0.29) is 5.75 Å². The molecule has 7 heteroatoms. The fourth-order valence-electron chi connectivity index (χ4n) is 1.68. The monoisotopic (exact) mass is 335 g/mol. The summed E-state index contributed by atoms with van der Waals surface area (Å²) in [5.74, 6) is -0.287. The molecule has 0 aliphatic heterocycles. The Morgan fingerprint density at radius 3 is 2.52 bits per heavy atom. The molecule has 0 bridgehead atoms. The Bertz CT molecular complexity index is 632. The smallest absolute Gasteiger partial charge is 0.406 e. The number of hydrogen-bond acceptors (Lipinski definition) is 2. The molecule has 0 atom stereocenters. The van der Waals surface area contributed by atoms with E-state index in [0.717, 1.165) is 5.56 Å². The van der Waals surface area contributed by atoms with Crippen LogP contribution in [0.2, 0.25) is 10.0 Å². The van der Waals surface area contributed by atoms with Gasteiger partial charge in [0, 0.05) is 28.3 Å². The van der Waals surface area contributed by atoms with Gasteiger partial charge in [-0.3, -0.25) is 0 Å². The normalized spacial score (nSPS) is 11.3. The number of rotatable bonds is 4. The third kappa shape index (κ3) is 5.02. The Hall–Kier alpha value is -1.59. The third-order valence-corrected chi connectivity index (χ3v) is 3.16. The van der Waals surface area contributed by atoms with Crippen LogP contribution in [-0.4, -0.2) is 6.36 Å². The minimum Gasteiger partial charge on any atom is -0.406 e. The van der Waals surface area contributed by atoms with Crippen LogP contribution in [0.5, 0.6) is 5.75 Å². The van der Waals surface area contributed by atoms with Gasteiger partial charge in [-0.05, 0) is 35.9 Å². The lowest BCUT2D eigenvalue weighted by Gasteiger charge is -2.12. The van der Waals surface area contributed by atoms with E-state index in [4.69, 9.17) is 23.2 Å². The number of benzene rings is 2. The second kappa shape index (κ2) is 6.45. The Kier molecular flexibility index (Phi) is 4.85. The van der Waals surface area contributed by atoms with E-state index in [1.807, 2.05) is 0 Å². The van der Waals surface area contributed by atoms with Crippen LogP contribution in [0, 0.1) is 0 Å².